The molecule has 0 unspecified atom stereocenters. The van der Waals surface area contributed by atoms with Crippen LogP contribution in [-0.2, 0) is 16.6 Å². The Kier molecular flexibility index (Phi) is 5.21. The van der Waals surface area contributed by atoms with Crippen molar-refractivity contribution < 1.29 is 23.0 Å². The van der Waals surface area contributed by atoms with Crippen LogP contribution in [0.3, 0.4) is 0 Å². The summed E-state index contributed by atoms with van der Waals surface area (Å²) in [6, 6.07) is 5.81. The normalized spacial score (nSPS) is 24.0. The molecule has 3 aromatic rings. The van der Waals surface area contributed by atoms with E-state index in [4.69, 9.17) is 26.1 Å². The van der Waals surface area contributed by atoms with Crippen LogP contribution in [0.25, 0.3) is 5.65 Å². The lowest BCUT2D eigenvalue weighted by Crippen LogP contribution is -2.45. The van der Waals surface area contributed by atoms with Gasteiger partial charge in [0.1, 0.15) is 27.9 Å². The molecule has 1 saturated carbocycles. The molecule has 6 rings (SSSR count). The second-order valence-electron chi connectivity index (χ2n) is 9.53. The molecule has 3 aliphatic rings. The molecule has 6 nitrogen and oxygen atoms in total. The number of alkyl halides is 2. The van der Waals surface area contributed by atoms with Gasteiger partial charge in [-0.25, -0.2) is 18.7 Å². The molecular formula is C24H24ClF2N3O3. The van der Waals surface area contributed by atoms with Gasteiger partial charge in [-0.15, -0.1) is 0 Å². The Morgan fingerprint density at radius 2 is 2.06 bits per heavy atom. The molecule has 2 bridgehead atoms. The fourth-order valence-corrected chi connectivity index (χ4v) is 5.42. The first kappa shape index (κ1) is 22.2. The van der Waals surface area contributed by atoms with Gasteiger partial charge in [0, 0.05) is 29.7 Å². The second kappa shape index (κ2) is 7.74. The quantitative estimate of drug-likeness (QED) is 0.431. The highest BCUT2D eigenvalue weighted by atomic mass is 35.5. The zero-order valence-corrected chi connectivity index (χ0v) is 19.3. The Labute approximate surface area is 194 Å². The second-order valence-corrected chi connectivity index (χ2v) is 9.89. The van der Waals surface area contributed by atoms with E-state index in [2.05, 4.69) is 11.9 Å². The Bertz CT molecular complexity index is 1250. The molecule has 9 heteroatoms. The first-order valence-corrected chi connectivity index (χ1v) is 11.3. The number of ketones is 1. The van der Waals surface area contributed by atoms with Gasteiger partial charge in [0.15, 0.2) is 5.78 Å². The average molecular weight is 476 g/mol. The molecule has 3 fully saturated rings. The average Bonchev–Trinajstić information content (AvgIpc) is 3.37. The molecule has 174 valence electrons. The van der Waals surface area contributed by atoms with E-state index in [9.17, 15) is 13.6 Å². The number of nitrogens with zero attached hydrogens (tertiary/aromatic N) is 3. The maximum absolute atomic E-state index is 13.0. The lowest BCUT2D eigenvalue weighted by atomic mass is 9.62. The number of hydrogen-bond donors (Lipinski definition) is 0. The number of ether oxygens (including phenoxy) is 2. The van der Waals surface area contributed by atoms with Crippen LogP contribution in [0.5, 0.6) is 5.75 Å². The van der Waals surface area contributed by atoms with Crippen molar-refractivity contribution >= 4 is 23.0 Å². The van der Waals surface area contributed by atoms with Gasteiger partial charge < -0.3 is 9.47 Å². The molecule has 33 heavy (non-hydrogen) atoms. The van der Waals surface area contributed by atoms with Crippen molar-refractivity contribution in [3.05, 3.63) is 58.3 Å². The Morgan fingerprint density at radius 1 is 1.30 bits per heavy atom. The molecule has 1 aliphatic carbocycles. The zero-order valence-electron chi connectivity index (χ0n) is 18.6. The summed E-state index contributed by atoms with van der Waals surface area (Å²) in [5.74, 6) is 0.113. The van der Waals surface area contributed by atoms with Crippen LogP contribution < -0.4 is 4.74 Å². The third-order valence-corrected chi connectivity index (χ3v) is 6.72. The topological polar surface area (TPSA) is 65.7 Å². The summed E-state index contributed by atoms with van der Waals surface area (Å²) < 4.78 is 39.7. The number of carbonyl (C=O) groups excluding carboxylic acids is 1. The van der Waals surface area contributed by atoms with E-state index >= 15 is 0 Å². The van der Waals surface area contributed by atoms with Crippen LogP contribution in [-0.4, -0.2) is 38.5 Å². The van der Waals surface area contributed by atoms with Crippen molar-refractivity contribution in [2.75, 3.05) is 6.61 Å². The van der Waals surface area contributed by atoms with Gasteiger partial charge in [0.05, 0.1) is 24.0 Å². The van der Waals surface area contributed by atoms with Gasteiger partial charge in [-0.3, -0.25) is 9.20 Å². The monoisotopic (exact) mass is 475 g/mol. The Morgan fingerprint density at radius 3 is 2.70 bits per heavy atom. The number of carbonyl (C=O) groups is 1. The highest BCUT2D eigenvalue weighted by molar-refractivity contribution is 6.30. The number of Topliss-reactive ketones (excluding diaryl/α,β-unsaturated/α-hetero) is 1. The number of pyridine rings is 2. The lowest BCUT2D eigenvalue weighted by Gasteiger charge is -2.41. The highest BCUT2D eigenvalue weighted by Gasteiger charge is 2.62. The van der Waals surface area contributed by atoms with Crippen molar-refractivity contribution in [3.8, 4) is 5.75 Å². The molecule has 0 aromatic carbocycles. The van der Waals surface area contributed by atoms with Gasteiger partial charge >= 0.3 is 0 Å². The van der Waals surface area contributed by atoms with E-state index in [0.29, 0.717) is 28.7 Å². The molecule has 0 radical (unpaired) electrons. The van der Waals surface area contributed by atoms with Gasteiger partial charge in [-0.1, -0.05) is 17.7 Å². The van der Waals surface area contributed by atoms with Crippen LogP contribution in [0.15, 0.2) is 30.5 Å². The largest absolute Gasteiger partial charge is 0.491 e. The Hall–Kier alpha value is -2.58. The molecule has 2 saturated heterocycles. The van der Waals surface area contributed by atoms with Crippen molar-refractivity contribution in [1.29, 1.82) is 0 Å². The minimum absolute atomic E-state index is 0.0171. The van der Waals surface area contributed by atoms with Crippen LogP contribution in [0.1, 0.15) is 67.5 Å². The van der Waals surface area contributed by atoms with Crippen LogP contribution in [0.2, 0.25) is 5.15 Å². The van der Waals surface area contributed by atoms with Gasteiger partial charge in [0.25, 0.3) is 6.43 Å². The summed E-state index contributed by atoms with van der Waals surface area (Å²) >= 11 is 6.76. The maximum Gasteiger partial charge on any atom is 0.280 e. The van der Waals surface area contributed by atoms with E-state index in [0.717, 1.165) is 18.5 Å². The standard InChI is InChI=1S/C24H24ClF2N3O3/c1-13(2)33-18-8-19-29-20(24-10-23(3,11-24)32-12-24)21(25)30(19)9-14(18)7-17(31)15-5-4-6-16(28-15)22(26)27/h4-6,8-9,13,22H,7,10-12H2,1-3H3. The summed E-state index contributed by atoms with van der Waals surface area (Å²) in [4.78, 5) is 21.5. The van der Waals surface area contributed by atoms with Crippen molar-refractivity contribution in [2.45, 2.75) is 63.6 Å². The maximum atomic E-state index is 13.0. The number of rotatable bonds is 7. The van der Waals surface area contributed by atoms with E-state index in [1.165, 1.54) is 18.2 Å². The van der Waals surface area contributed by atoms with Gasteiger partial charge in [0.2, 0.25) is 0 Å². The highest BCUT2D eigenvalue weighted by Crippen LogP contribution is 2.59. The van der Waals surface area contributed by atoms with Crippen LogP contribution >= 0.6 is 11.6 Å². The van der Waals surface area contributed by atoms with Crippen molar-refractivity contribution in [3.63, 3.8) is 0 Å². The zero-order chi connectivity index (χ0) is 23.5. The number of aromatic nitrogens is 3. The van der Waals surface area contributed by atoms with Crippen LogP contribution in [0.4, 0.5) is 8.78 Å². The Balaban J connectivity index is 1.52. The van der Waals surface area contributed by atoms with Crippen LogP contribution in [0, 0.1) is 0 Å². The predicted molar refractivity (Wildman–Crippen MR) is 118 cm³/mol. The van der Waals surface area contributed by atoms with E-state index < -0.39 is 12.1 Å². The summed E-state index contributed by atoms with van der Waals surface area (Å²) in [7, 11) is 0. The third-order valence-electron chi connectivity index (χ3n) is 6.36. The fraction of sp³-hybridized carbons (Fsp3) is 0.458. The van der Waals surface area contributed by atoms with Crippen molar-refractivity contribution in [1.82, 2.24) is 14.4 Å². The molecule has 0 atom stereocenters. The molecule has 5 heterocycles. The van der Waals surface area contributed by atoms with Crippen molar-refractivity contribution in [2.24, 2.45) is 0 Å². The summed E-state index contributed by atoms with van der Waals surface area (Å²) in [6.45, 7) is 6.45. The summed E-state index contributed by atoms with van der Waals surface area (Å²) in [5, 5.41) is 0.486. The lowest BCUT2D eigenvalue weighted by molar-refractivity contribution is 0.0154. The number of hydrogen-bond acceptors (Lipinski definition) is 5. The summed E-state index contributed by atoms with van der Waals surface area (Å²) in [5.41, 5.74) is 1.25. The first-order chi connectivity index (χ1) is 15.6. The SMILES string of the molecule is CC(C)Oc1cc2nc(C34COC(C)(C3)C4)c(Cl)n2cc1CC(=O)c1cccc(C(F)F)n1. The number of fused-ring (bicyclic) bond motifs is 2. The molecule has 0 spiro atoms. The first-order valence-electron chi connectivity index (χ1n) is 10.9. The third kappa shape index (κ3) is 3.79. The van der Waals surface area contributed by atoms with Gasteiger partial charge in [-0.2, -0.15) is 0 Å². The predicted octanol–water partition coefficient (Wildman–Crippen LogP) is 5.35. The van der Waals surface area contributed by atoms with Gasteiger partial charge in [-0.05, 0) is 45.7 Å². The van der Waals surface area contributed by atoms with E-state index in [1.807, 2.05) is 13.8 Å². The van der Waals surface area contributed by atoms with E-state index in [1.54, 1.807) is 16.7 Å². The molecule has 3 aromatic heterocycles. The minimum Gasteiger partial charge on any atom is -0.491 e. The van der Waals surface area contributed by atoms with E-state index in [-0.39, 0.29) is 35.0 Å². The minimum atomic E-state index is -2.75. The molecule has 0 amide bonds. The fourth-order valence-electron chi connectivity index (χ4n) is 5.04. The number of halogens is 3. The smallest absolute Gasteiger partial charge is 0.280 e. The molecule has 0 N–H and O–H groups in total. The molecular weight excluding hydrogens is 452 g/mol. The number of imidazole rings is 1. The molecule has 2 aliphatic heterocycles. The summed E-state index contributed by atoms with van der Waals surface area (Å²) in [6.07, 6.45) is 0.524.